The molecule has 4 aromatic heterocycles. The summed E-state index contributed by atoms with van der Waals surface area (Å²) in [5.41, 5.74) is 6.10. The van der Waals surface area contributed by atoms with Crippen molar-refractivity contribution in [3.05, 3.63) is 61.3 Å². The third-order valence-corrected chi connectivity index (χ3v) is 6.25. The first-order valence-electron chi connectivity index (χ1n) is 11.3. The van der Waals surface area contributed by atoms with Gasteiger partial charge in [-0.3, -0.25) is 4.98 Å². The minimum Gasteiger partial charge on any atom is -0.495 e. The molecule has 9 nitrogen and oxygen atoms in total. The number of rotatable bonds is 5. The highest BCUT2D eigenvalue weighted by Gasteiger charge is 2.21. The predicted molar refractivity (Wildman–Crippen MR) is 132 cm³/mol. The molecule has 0 saturated carbocycles. The Morgan fingerprint density at radius 3 is 3.03 bits per heavy atom. The van der Waals surface area contributed by atoms with Crippen LogP contribution in [0.3, 0.4) is 0 Å². The molecular weight excluding hydrogens is 430 g/mol. The van der Waals surface area contributed by atoms with E-state index in [9.17, 15) is 5.11 Å². The SMILES string of the molecule is COc1cc(Nc2nc(-c3cnc4cc[nH]c4c3)cn3ccnc23)ccc1N1CCCC(O)C1. The van der Waals surface area contributed by atoms with E-state index in [-0.39, 0.29) is 6.10 Å². The summed E-state index contributed by atoms with van der Waals surface area (Å²) in [6.07, 6.45) is 10.8. The molecule has 9 heteroatoms. The van der Waals surface area contributed by atoms with Crippen LogP contribution in [0.5, 0.6) is 5.75 Å². The maximum atomic E-state index is 10.1. The zero-order valence-electron chi connectivity index (χ0n) is 18.8. The average molecular weight is 456 g/mol. The van der Waals surface area contributed by atoms with Crippen LogP contribution in [0.4, 0.5) is 17.2 Å². The molecule has 1 fully saturated rings. The average Bonchev–Trinajstić information content (AvgIpc) is 3.53. The molecule has 34 heavy (non-hydrogen) atoms. The van der Waals surface area contributed by atoms with Crippen molar-refractivity contribution in [1.29, 1.82) is 0 Å². The van der Waals surface area contributed by atoms with Gasteiger partial charge in [-0.15, -0.1) is 0 Å². The fraction of sp³-hybridized carbons (Fsp3) is 0.240. The molecule has 0 spiro atoms. The lowest BCUT2D eigenvalue weighted by atomic mass is 10.1. The van der Waals surface area contributed by atoms with E-state index in [1.165, 1.54) is 0 Å². The number of aromatic nitrogens is 5. The second kappa shape index (κ2) is 8.35. The molecule has 6 rings (SSSR count). The monoisotopic (exact) mass is 455 g/mol. The van der Waals surface area contributed by atoms with Crippen LogP contribution in [0, 0.1) is 0 Å². The molecule has 1 aliphatic rings. The number of imidazole rings is 1. The van der Waals surface area contributed by atoms with Crippen LogP contribution >= 0.6 is 0 Å². The molecule has 1 aromatic carbocycles. The van der Waals surface area contributed by atoms with Crippen LogP contribution in [0.15, 0.2) is 61.3 Å². The highest BCUT2D eigenvalue weighted by Crippen LogP contribution is 2.34. The summed E-state index contributed by atoms with van der Waals surface area (Å²) in [5, 5.41) is 13.5. The molecule has 0 aliphatic carbocycles. The molecule has 1 aliphatic heterocycles. The van der Waals surface area contributed by atoms with E-state index in [1.807, 2.05) is 59.5 Å². The highest BCUT2D eigenvalue weighted by atomic mass is 16.5. The van der Waals surface area contributed by atoms with Gasteiger partial charge in [0.15, 0.2) is 11.5 Å². The van der Waals surface area contributed by atoms with Gasteiger partial charge in [-0.05, 0) is 37.1 Å². The van der Waals surface area contributed by atoms with Crippen molar-refractivity contribution in [2.24, 2.45) is 0 Å². The number of β-amino-alcohol motifs (C(OH)–C–C–N with tert-alkyl or cyclic N) is 1. The third kappa shape index (κ3) is 3.69. The minimum atomic E-state index is -0.309. The van der Waals surface area contributed by atoms with Crippen molar-refractivity contribution >= 4 is 33.9 Å². The maximum Gasteiger partial charge on any atom is 0.180 e. The van der Waals surface area contributed by atoms with E-state index in [1.54, 1.807) is 13.3 Å². The molecule has 0 radical (unpaired) electrons. The quantitative estimate of drug-likeness (QED) is 0.368. The van der Waals surface area contributed by atoms with Gasteiger partial charge in [0.25, 0.3) is 0 Å². The summed E-state index contributed by atoms with van der Waals surface area (Å²) in [7, 11) is 1.67. The number of anilines is 3. The Bertz CT molecular complexity index is 1470. The molecule has 5 aromatic rings. The normalized spacial score (nSPS) is 16.3. The van der Waals surface area contributed by atoms with Crippen molar-refractivity contribution in [2.75, 3.05) is 30.4 Å². The number of H-pyrrole nitrogens is 1. The third-order valence-electron chi connectivity index (χ3n) is 6.25. The van der Waals surface area contributed by atoms with Crippen molar-refractivity contribution in [3.63, 3.8) is 0 Å². The number of nitrogens with one attached hydrogen (secondary N) is 2. The Kier molecular flexibility index (Phi) is 5.03. The first-order valence-corrected chi connectivity index (χ1v) is 11.3. The van der Waals surface area contributed by atoms with E-state index in [0.29, 0.717) is 12.4 Å². The van der Waals surface area contributed by atoms with Crippen LogP contribution in [0.1, 0.15) is 12.8 Å². The molecule has 1 saturated heterocycles. The van der Waals surface area contributed by atoms with Crippen molar-refractivity contribution < 1.29 is 9.84 Å². The number of aliphatic hydroxyl groups is 1. The fourth-order valence-electron chi connectivity index (χ4n) is 4.56. The van der Waals surface area contributed by atoms with Crippen LogP contribution in [0.25, 0.3) is 27.9 Å². The van der Waals surface area contributed by atoms with Crippen LogP contribution < -0.4 is 15.0 Å². The van der Waals surface area contributed by atoms with Gasteiger partial charge in [0, 0.05) is 61.4 Å². The number of benzene rings is 1. The number of methoxy groups -OCH3 is 1. The Morgan fingerprint density at radius 1 is 1.21 bits per heavy atom. The van der Waals surface area contributed by atoms with Gasteiger partial charge >= 0.3 is 0 Å². The van der Waals surface area contributed by atoms with Gasteiger partial charge in [0.1, 0.15) is 5.75 Å². The molecular formula is C25H25N7O2. The summed E-state index contributed by atoms with van der Waals surface area (Å²) in [6, 6.07) is 9.97. The number of ether oxygens (including phenoxy) is 1. The van der Waals surface area contributed by atoms with Gasteiger partial charge in [0.05, 0.1) is 35.6 Å². The van der Waals surface area contributed by atoms with E-state index in [2.05, 4.69) is 25.2 Å². The van der Waals surface area contributed by atoms with Gasteiger partial charge < -0.3 is 29.4 Å². The Morgan fingerprint density at radius 2 is 2.15 bits per heavy atom. The summed E-state index contributed by atoms with van der Waals surface area (Å²) in [6.45, 7) is 1.51. The van der Waals surface area contributed by atoms with E-state index >= 15 is 0 Å². The van der Waals surface area contributed by atoms with Crippen LogP contribution in [0.2, 0.25) is 0 Å². The lowest BCUT2D eigenvalue weighted by molar-refractivity contribution is 0.154. The van der Waals surface area contributed by atoms with Crippen molar-refractivity contribution in [3.8, 4) is 17.0 Å². The van der Waals surface area contributed by atoms with Crippen LogP contribution in [-0.2, 0) is 0 Å². The zero-order chi connectivity index (χ0) is 23.1. The zero-order valence-corrected chi connectivity index (χ0v) is 18.8. The maximum absolute atomic E-state index is 10.1. The number of aromatic amines is 1. The Balaban J connectivity index is 1.36. The molecule has 0 bridgehead atoms. The van der Waals surface area contributed by atoms with E-state index in [0.717, 1.165) is 64.4 Å². The second-order valence-corrected chi connectivity index (χ2v) is 8.52. The number of aliphatic hydroxyl groups excluding tert-OH is 1. The lowest BCUT2D eigenvalue weighted by Gasteiger charge is -2.33. The lowest BCUT2D eigenvalue weighted by Crippen LogP contribution is -2.38. The minimum absolute atomic E-state index is 0.309. The first-order chi connectivity index (χ1) is 16.7. The Hall–Kier alpha value is -4.11. The summed E-state index contributed by atoms with van der Waals surface area (Å²) in [4.78, 5) is 19.3. The van der Waals surface area contributed by atoms with Gasteiger partial charge in [-0.2, -0.15) is 0 Å². The predicted octanol–water partition coefficient (Wildman–Crippen LogP) is 3.99. The molecule has 3 N–H and O–H groups in total. The van der Waals surface area contributed by atoms with E-state index < -0.39 is 0 Å². The number of piperidine rings is 1. The molecule has 5 heterocycles. The highest BCUT2D eigenvalue weighted by molar-refractivity contribution is 5.81. The topological polar surface area (TPSA) is 104 Å². The number of nitrogens with zero attached hydrogens (tertiary/aromatic N) is 5. The first kappa shape index (κ1) is 20.5. The van der Waals surface area contributed by atoms with Gasteiger partial charge in [-0.1, -0.05) is 0 Å². The number of hydrogen-bond acceptors (Lipinski definition) is 7. The molecule has 1 unspecified atom stereocenters. The largest absolute Gasteiger partial charge is 0.495 e. The molecule has 0 amide bonds. The standard InChI is InChI=1S/C25H25N7O2/c1-34-23-12-17(4-5-22(23)31-9-2-3-18(33)14-31)29-24-25-27-8-10-32(25)15-21(30-24)16-11-20-19(28-13-16)6-7-26-20/h4-8,10-13,15,18,26,33H,2-3,9,14H2,1H3,(H,29,30). The van der Waals surface area contributed by atoms with Crippen molar-refractivity contribution in [2.45, 2.75) is 18.9 Å². The number of fused-ring (bicyclic) bond motifs is 2. The summed E-state index contributed by atoms with van der Waals surface area (Å²) >= 11 is 0. The Labute approximate surface area is 196 Å². The number of pyridine rings is 1. The summed E-state index contributed by atoms with van der Waals surface area (Å²) in [5.74, 6) is 1.38. The number of hydrogen-bond donors (Lipinski definition) is 3. The smallest absolute Gasteiger partial charge is 0.180 e. The van der Waals surface area contributed by atoms with Gasteiger partial charge in [0.2, 0.25) is 0 Å². The fourth-order valence-corrected chi connectivity index (χ4v) is 4.56. The van der Waals surface area contributed by atoms with E-state index in [4.69, 9.17) is 9.72 Å². The summed E-state index contributed by atoms with van der Waals surface area (Å²) < 4.78 is 7.64. The molecule has 1 atom stereocenters. The van der Waals surface area contributed by atoms with Gasteiger partial charge in [-0.25, -0.2) is 9.97 Å². The van der Waals surface area contributed by atoms with Crippen LogP contribution in [-0.4, -0.2) is 55.7 Å². The van der Waals surface area contributed by atoms with Crippen molar-refractivity contribution in [1.82, 2.24) is 24.3 Å². The second-order valence-electron chi connectivity index (χ2n) is 8.52. The molecule has 172 valence electrons.